The monoisotopic (exact) mass is 396 g/mol. The molecular formula is C21H15F3N4O. The number of halogens is 3. The van der Waals surface area contributed by atoms with Crippen LogP contribution in [0.1, 0.15) is 22.0 Å². The zero-order chi connectivity index (χ0) is 20.1. The van der Waals surface area contributed by atoms with E-state index < -0.39 is 11.6 Å². The summed E-state index contributed by atoms with van der Waals surface area (Å²) in [5.74, 6) is -2.05. The van der Waals surface area contributed by atoms with Crippen molar-refractivity contribution in [3.63, 3.8) is 0 Å². The maximum atomic E-state index is 14.4. The average molecular weight is 396 g/mol. The Labute approximate surface area is 163 Å². The number of H-pyrrole nitrogens is 2. The number of likely N-dealkylation sites (tertiary alicyclic amines) is 1. The van der Waals surface area contributed by atoms with Gasteiger partial charge in [-0.1, -0.05) is 0 Å². The second kappa shape index (κ2) is 6.51. The van der Waals surface area contributed by atoms with Gasteiger partial charge in [-0.3, -0.25) is 4.79 Å². The minimum absolute atomic E-state index is 0.114. The van der Waals surface area contributed by atoms with E-state index in [1.165, 1.54) is 30.7 Å². The lowest BCUT2D eigenvalue weighted by Gasteiger charge is -2.39. The van der Waals surface area contributed by atoms with Crippen molar-refractivity contribution in [3.8, 4) is 11.3 Å². The van der Waals surface area contributed by atoms with E-state index in [-0.39, 0.29) is 23.2 Å². The number of nitrogens with one attached hydrogen (secondary N) is 2. The Morgan fingerprint density at radius 1 is 1.07 bits per heavy atom. The van der Waals surface area contributed by atoms with Crippen molar-refractivity contribution in [2.45, 2.75) is 5.92 Å². The number of fused-ring (bicyclic) bond motifs is 1. The maximum absolute atomic E-state index is 14.4. The van der Waals surface area contributed by atoms with Gasteiger partial charge < -0.3 is 14.9 Å². The molecule has 1 amide bonds. The molecule has 0 radical (unpaired) electrons. The molecule has 0 spiro atoms. The zero-order valence-electron chi connectivity index (χ0n) is 15.0. The molecule has 2 aromatic carbocycles. The summed E-state index contributed by atoms with van der Waals surface area (Å²) in [6.07, 6.45) is 2.89. The highest BCUT2D eigenvalue weighted by molar-refractivity contribution is 5.95. The highest BCUT2D eigenvalue weighted by atomic mass is 19.1. The first-order valence-electron chi connectivity index (χ1n) is 9.05. The van der Waals surface area contributed by atoms with E-state index in [1.807, 2.05) is 0 Å². The van der Waals surface area contributed by atoms with Gasteiger partial charge in [-0.15, -0.1) is 0 Å². The van der Waals surface area contributed by atoms with Crippen LogP contribution in [0.3, 0.4) is 0 Å². The van der Waals surface area contributed by atoms with Gasteiger partial charge in [-0.25, -0.2) is 18.2 Å². The van der Waals surface area contributed by atoms with E-state index in [2.05, 4.69) is 15.0 Å². The average Bonchev–Trinajstić information content (AvgIpc) is 3.30. The lowest BCUT2D eigenvalue weighted by molar-refractivity contribution is 0.0598. The second-order valence-electron chi connectivity index (χ2n) is 7.10. The summed E-state index contributed by atoms with van der Waals surface area (Å²) in [4.78, 5) is 23.8. The third kappa shape index (κ3) is 2.88. The molecule has 1 aliphatic rings. The van der Waals surface area contributed by atoms with Crippen LogP contribution in [-0.4, -0.2) is 38.8 Å². The number of benzene rings is 2. The molecule has 0 bridgehead atoms. The number of hydrogen-bond donors (Lipinski definition) is 2. The fourth-order valence-corrected chi connectivity index (χ4v) is 3.88. The molecule has 8 heteroatoms. The molecule has 0 unspecified atom stereocenters. The van der Waals surface area contributed by atoms with Crippen LogP contribution in [0.2, 0.25) is 0 Å². The molecule has 2 aromatic heterocycles. The Balaban J connectivity index is 1.56. The minimum Gasteiger partial charge on any atom is -0.352 e. The van der Waals surface area contributed by atoms with Gasteiger partial charge in [-0.05, 0) is 41.5 Å². The highest BCUT2D eigenvalue weighted by Crippen LogP contribution is 2.41. The molecule has 0 aliphatic carbocycles. The predicted octanol–water partition coefficient (Wildman–Crippen LogP) is 4.21. The first-order valence-corrected chi connectivity index (χ1v) is 9.05. The molecule has 1 saturated heterocycles. The van der Waals surface area contributed by atoms with Crippen molar-refractivity contribution in [2.24, 2.45) is 0 Å². The van der Waals surface area contributed by atoms with Crippen LogP contribution in [0.4, 0.5) is 13.2 Å². The van der Waals surface area contributed by atoms with Crippen LogP contribution >= 0.6 is 0 Å². The van der Waals surface area contributed by atoms with Crippen LogP contribution < -0.4 is 0 Å². The van der Waals surface area contributed by atoms with Crippen molar-refractivity contribution in [3.05, 3.63) is 77.6 Å². The third-order valence-electron chi connectivity index (χ3n) is 5.30. The fraction of sp³-hybridized carbons (Fsp3) is 0.143. The fourth-order valence-electron chi connectivity index (χ4n) is 3.88. The zero-order valence-corrected chi connectivity index (χ0v) is 15.0. The van der Waals surface area contributed by atoms with Gasteiger partial charge in [-0.2, -0.15) is 0 Å². The van der Waals surface area contributed by atoms with Gasteiger partial charge in [0, 0.05) is 30.5 Å². The SMILES string of the molecule is O=C(c1cnc[nH]1)N1CC(c2c(-c3ccc(F)cc3)[nH]c3c(F)cc(F)cc23)C1. The molecule has 2 N–H and O–H groups in total. The minimum atomic E-state index is -0.695. The van der Waals surface area contributed by atoms with E-state index in [9.17, 15) is 18.0 Å². The number of aromatic amines is 2. The van der Waals surface area contributed by atoms with Crippen LogP contribution in [0.5, 0.6) is 0 Å². The van der Waals surface area contributed by atoms with Crippen molar-refractivity contribution in [1.82, 2.24) is 19.9 Å². The number of hydrogen-bond acceptors (Lipinski definition) is 2. The Bertz CT molecular complexity index is 1210. The number of carbonyl (C=O) groups is 1. The van der Waals surface area contributed by atoms with E-state index in [0.717, 1.165) is 11.6 Å². The van der Waals surface area contributed by atoms with Gasteiger partial charge in [0.1, 0.15) is 23.1 Å². The summed E-state index contributed by atoms with van der Waals surface area (Å²) < 4.78 is 41.7. The lowest BCUT2D eigenvalue weighted by Crippen LogP contribution is -2.48. The van der Waals surface area contributed by atoms with Crippen LogP contribution in [0, 0.1) is 17.5 Å². The molecule has 0 atom stereocenters. The van der Waals surface area contributed by atoms with Gasteiger partial charge in [0.2, 0.25) is 0 Å². The van der Waals surface area contributed by atoms with Gasteiger partial charge in [0.05, 0.1) is 23.7 Å². The standard InChI is InChI=1S/C21H15F3N4O/c22-13-3-1-11(2-4-13)19-18(15-5-14(23)6-16(24)20(15)27-19)12-8-28(9-12)21(29)17-7-25-10-26-17/h1-7,10,12,27H,8-9H2,(H,25,26). The largest absolute Gasteiger partial charge is 0.352 e. The summed E-state index contributed by atoms with van der Waals surface area (Å²) in [5, 5.41) is 0.431. The number of rotatable bonds is 3. The Morgan fingerprint density at radius 2 is 1.83 bits per heavy atom. The van der Waals surface area contributed by atoms with E-state index >= 15 is 0 Å². The number of imidazole rings is 1. The Hall–Kier alpha value is -3.55. The Kier molecular flexibility index (Phi) is 3.94. The van der Waals surface area contributed by atoms with Crippen LogP contribution in [0.25, 0.3) is 22.2 Å². The summed E-state index contributed by atoms with van der Waals surface area (Å²) >= 11 is 0. The number of nitrogens with zero attached hydrogens (tertiary/aromatic N) is 2. The molecule has 146 valence electrons. The van der Waals surface area contributed by atoms with Crippen molar-refractivity contribution < 1.29 is 18.0 Å². The van der Waals surface area contributed by atoms with Crippen molar-refractivity contribution >= 4 is 16.8 Å². The number of amides is 1. The van der Waals surface area contributed by atoms with E-state index in [4.69, 9.17) is 0 Å². The Morgan fingerprint density at radius 3 is 2.52 bits per heavy atom. The van der Waals surface area contributed by atoms with Gasteiger partial charge >= 0.3 is 0 Å². The summed E-state index contributed by atoms with van der Waals surface area (Å²) in [6.45, 7) is 0.800. The second-order valence-corrected chi connectivity index (χ2v) is 7.10. The number of carbonyl (C=O) groups excluding carboxylic acids is 1. The molecule has 29 heavy (non-hydrogen) atoms. The summed E-state index contributed by atoms with van der Waals surface area (Å²) in [7, 11) is 0. The lowest BCUT2D eigenvalue weighted by atomic mass is 9.87. The topological polar surface area (TPSA) is 64.8 Å². The maximum Gasteiger partial charge on any atom is 0.271 e. The van der Waals surface area contributed by atoms with Gasteiger partial charge in [0.25, 0.3) is 5.91 Å². The molecule has 1 aliphatic heterocycles. The molecule has 3 heterocycles. The smallest absolute Gasteiger partial charge is 0.271 e. The van der Waals surface area contributed by atoms with Crippen molar-refractivity contribution in [2.75, 3.05) is 13.1 Å². The highest BCUT2D eigenvalue weighted by Gasteiger charge is 2.36. The van der Waals surface area contributed by atoms with Gasteiger partial charge in [0.15, 0.2) is 0 Å². The predicted molar refractivity (Wildman–Crippen MR) is 101 cm³/mol. The molecule has 0 saturated carbocycles. The first-order chi connectivity index (χ1) is 14.0. The summed E-state index contributed by atoms with van der Waals surface area (Å²) in [6, 6.07) is 7.92. The molecule has 4 aromatic rings. The molecular weight excluding hydrogens is 381 g/mol. The molecule has 5 nitrogen and oxygen atoms in total. The van der Waals surface area contributed by atoms with Crippen LogP contribution in [0.15, 0.2) is 48.9 Å². The molecule has 1 fully saturated rings. The van der Waals surface area contributed by atoms with Crippen molar-refractivity contribution in [1.29, 1.82) is 0 Å². The number of aromatic nitrogens is 3. The van der Waals surface area contributed by atoms with E-state index in [0.29, 0.717) is 35.4 Å². The third-order valence-corrected chi connectivity index (χ3v) is 5.30. The molecule has 5 rings (SSSR count). The summed E-state index contributed by atoms with van der Waals surface area (Å²) in [5.41, 5.74) is 2.56. The first kappa shape index (κ1) is 17.5. The van der Waals surface area contributed by atoms with Crippen LogP contribution in [-0.2, 0) is 0 Å². The normalized spacial score (nSPS) is 14.4. The van der Waals surface area contributed by atoms with E-state index in [1.54, 1.807) is 17.0 Å². The quantitative estimate of drug-likeness (QED) is 0.545.